The third-order valence-electron chi connectivity index (χ3n) is 23.9. The zero-order valence-electron chi connectivity index (χ0n) is 80.1. The zero-order chi connectivity index (χ0) is 96.5. The molecule has 2 aliphatic heterocycles. The highest BCUT2D eigenvalue weighted by molar-refractivity contribution is 5.87. The molecule has 0 spiro atoms. The number of anilines is 8. The normalized spacial score (nSPS) is 13.9. The molecule has 9 aromatic heterocycles. The lowest BCUT2D eigenvalue weighted by molar-refractivity contribution is -0.0333. The first kappa shape index (κ1) is 96.0. The van der Waals surface area contributed by atoms with Gasteiger partial charge in [0, 0.05) is 258 Å². The molecule has 0 radical (unpaired) electrons. The number of rotatable bonds is 31. The molecule has 2 aliphatic rings. The van der Waals surface area contributed by atoms with Crippen LogP contribution in [-0.2, 0) is 44.2 Å². The van der Waals surface area contributed by atoms with Crippen LogP contribution in [0.25, 0.3) is 89.2 Å². The Bertz CT molecular complexity index is 6930. The summed E-state index contributed by atoms with van der Waals surface area (Å²) in [5, 5.41) is 27.3. The summed E-state index contributed by atoms with van der Waals surface area (Å²) in [4.78, 5) is 53.1. The lowest BCUT2D eigenvalue weighted by Gasteiger charge is -2.38. The van der Waals surface area contributed by atoms with E-state index in [4.69, 9.17) is 62.6 Å². The van der Waals surface area contributed by atoms with Gasteiger partial charge in [0.2, 0.25) is 0 Å². The highest BCUT2D eigenvalue weighted by Crippen LogP contribution is 2.41. The Morgan fingerprint density at radius 3 is 1.14 bits per heavy atom. The molecular formula is C105H116FN21O11. The number of nitrogens with zero attached hydrogens (tertiary/aromatic N) is 20. The molecule has 8 aromatic carbocycles. The Morgan fingerprint density at radius 2 is 0.790 bits per heavy atom. The Hall–Kier alpha value is -15.1. The van der Waals surface area contributed by atoms with Crippen LogP contribution in [0.3, 0.4) is 0 Å². The number of hydrogen-bond donors (Lipinski definition) is 3. The minimum atomic E-state index is -1.02. The Kier molecular flexibility index (Phi) is 31.0. The van der Waals surface area contributed by atoms with Crippen LogP contribution in [0.5, 0.6) is 40.2 Å². The van der Waals surface area contributed by atoms with Crippen molar-refractivity contribution in [2.24, 2.45) is 28.2 Å². The number of nitrogens with one attached hydrogen (secondary N) is 1. The van der Waals surface area contributed by atoms with Crippen molar-refractivity contribution in [2.45, 2.75) is 58.1 Å². The number of halogens is 1. The maximum Gasteiger partial charge on any atom is 0.147 e. The van der Waals surface area contributed by atoms with Gasteiger partial charge < -0.3 is 96.0 Å². The smallest absolute Gasteiger partial charge is 0.147 e. The maximum atomic E-state index is 14.2. The van der Waals surface area contributed by atoms with E-state index >= 15 is 0 Å². The van der Waals surface area contributed by atoms with E-state index in [-0.39, 0.29) is 18.8 Å². The van der Waals surface area contributed by atoms with Crippen LogP contribution in [0, 0.1) is 12.7 Å². The molecule has 2 saturated heterocycles. The van der Waals surface area contributed by atoms with Crippen LogP contribution in [0.1, 0.15) is 26.1 Å². The average molecular weight is 1870 g/mol. The van der Waals surface area contributed by atoms with Crippen LogP contribution in [0.4, 0.5) is 49.9 Å². The van der Waals surface area contributed by atoms with E-state index < -0.39 is 18.5 Å². The van der Waals surface area contributed by atoms with Gasteiger partial charge in [0.15, 0.2) is 0 Å². The van der Waals surface area contributed by atoms with Gasteiger partial charge in [0.05, 0.1) is 199 Å². The first-order chi connectivity index (χ1) is 67.0. The van der Waals surface area contributed by atoms with E-state index in [1.807, 2.05) is 229 Å². The number of aryl methyl sites for hydroxylation is 6. The van der Waals surface area contributed by atoms with Gasteiger partial charge in [-0.2, -0.15) is 5.10 Å². The Balaban J connectivity index is 0.000000133. The molecule has 0 saturated carbocycles. The van der Waals surface area contributed by atoms with Gasteiger partial charge in [-0.1, -0.05) is 0 Å². The summed E-state index contributed by atoms with van der Waals surface area (Å²) in [5.74, 6) is 5.05. The fourth-order valence-electron chi connectivity index (χ4n) is 16.6. The predicted octanol–water partition coefficient (Wildman–Crippen LogP) is 16.7. The van der Waals surface area contributed by atoms with Gasteiger partial charge in [0.1, 0.15) is 58.2 Å². The van der Waals surface area contributed by atoms with Crippen molar-refractivity contribution >= 4 is 89.6 Å². The van der Waals surface area contributed by atoms with Crippen molar-refractivity contribution in [3.05, 3.63) is 262 Å². The second kappa shape index (κ2) is 44.6. The van der Waals surface area contributed by atoms with Gasteiger partial charge >= 0.3 is 0 Å². The molecule has 3 atom stereocenters. The van der Waals surface area contributed by atoms with Crippen LogP contribution in [0.15, 0.2) is 251 Å². The molecule has 2 fully saturated rings. The number of benzene rings is 8. The molecular weight excluding hydrogens is 1750 g/mol. The molecule has 19 rings (SSSR count). The van der Waals surface area contributed by atoms with Crippen LogP contribution < -0.4 is 58.1 Å². The minimum absolute atomic E-state index is 0.0448. The molecule has 11 heterocycles. The van der Waals surface area contributed by atoms with Gasteiger partial charge in [-0.05, 0) is 130 Å². The van der Waals surface area contributed by atoms with Crippen molar-refractivity contribution in [2.75, 3.05) is 142 Å². The summed E-state index contributed by atoms with van der Waals surface area (Å²) in [5.41, 5.74) is 20.8. The van der Waals surface area contributed by atoms with Crippen LogP contribution in [-0.4, -0.2) is 234 Å². The fourth-order valence-corrected chi connectivity index (χ4v) is 16.6. The molecule has 0 aliphatic carbocycles. The van der Waals surface area contributed by atoms with Crippen LogP contribution >= 0.6 is 0 Å². The SMILES string of the molecule is COc1cc(F)cc(N(C[C@H](O)CO)c2ccc3ncc(-c4ccn(C)c4)nc3c2)c1.COc1cc(OC)cc(N(CC2CN(C(C)C)CCO2)c2ccc3ncc(-c4ccn(C)c4)nc3c2)c1.COc1cc(OC)cc(N(CC2CNCCO2)c2ccc3ncc(-c4ccn(C)c4)nc3c2)c1.COc1cc(OC)cc(N(CCCn2cnc(C)n2)c2ccc3ncc(-c4ccn(C)c4)nc3c2)c1. The number of methoxy groups -OCH3 is 7. The third kappa shape index (κ3) is 23.8. The lowest BCUT2D eigenvalue weighted by Crippen LogP contribution is -2.49. The third-order valence-corrected chi connectivity index (χ3v) is 23.9. The first-order valence-corrected chi connectivity index (χ1v) is 45.6. The van der Waals surface area contributed by atoms with E-state index in [0.717, 1.165) is 205 Å². The lowest BCUT2D eigenvalue weighted by atomic mass is 10.1. The summed E-state index contributed by atoms with van der Waals surface area (Å²) in [6, 6.07) is 54.6. The molecule has 2 unspecified atom stereocenters. The summed E-state index contributed by atoms with van der Waals surface area (Å²) in [7, 11) is 19.4. The number of aromatic nitrogens is 15. The fraction of sp³-hybridized carbons (Fsp3) is 0.295. The van der Waals surface area contributed by atoms with Crippen molar-refractivity contribution in [1.82, 2.24) is 83.1 Å². The van der Waals surface area contributed by atoms with Crippen molar-refractivity contribution in [1.29, 1.82) is 0 Å². The number of ether oxygens (including phenoxy) is 9. The standard InChI is InChI=1S/C29H35N5O3.C27H29N7O2.C26H29N5O3.C23H23FN4O3/c1-20(2)33-10-11-37-26(18-33)19-34(23-12-24(35-4)15-25(13-23)36-5)22-6-7-27-28(14-22)31-29(16-30-27)21-8-9-32(3)17-21;1-19-29-18-33(31-19)9-5-10-34(22-12-23(35-3)15-24(13-22)36-4)21-6-7-25-26(14-21)30-27(16-28-25)20-8-11-32(2)17-20;1-30-8-6-18(16-30)26-15-28-24-5-4-19(12-25(24)29-26)31(17-23-14-27-7-9-34-23)20-10-21(32-2)13-22(11-20)33-3;1-27-6-5-15(12-27)23-11-25-21-4-3-17(10-22(21)26-23)28(13-19(30)14-29)18-7-16(24)8-20(9-18)31-2/h6-9,12-17,20,26H,10-11,18-19H2,1-5H3;6-8,11-18H,5,9-10H2,1-4H3;4-6,8,10-13,15-16,23,27H,7,9,14,17H2,1-3H3;3-12,19,29-30H,13-14H2,1-2H3/t;;;19-/m...0/s1. The number of morpholine rings is 2. The zero-order valence-corrected chi connectivity index (χ0v) is 80.1. The molecule has 33 heteroatoms. The highest BCUT2D eigenvalue weighted by Gasteiger charge is 2.29. The minimum Gasteiger partial charge on any atom is -0.497 e. The van der Waals surface area contributed by atoms with Gasteiger partial charge in [-0.15, -0.1) is 0 Å². The molecule has 0 bridgehead atoms. The molecule has 138 heavy (non-hydrogen) atoms. The number of aliphatic hydroxyl groups excluding tert-OH is 2. The van der Waals surface area contributed by atoms with E-state index in [1.165, 1.54) is 19.2 Å². The van der Waals surface area contributed by atoms with E-state index in [9.17, 15) is 14.6 Å². The van der Waals surface area contributed by atoms with Crippen molar-refractivity contribution in [3.63, 3.8) is 0 Å². The number of hydrogen-bond acceptors (Lipinski definition) is 27. The molecule has 32 nitrogen and oxygen atoms in total. The predicted molar refractivity (Wildman–Crippen MR) is 537 cm³/mol. The topological polar surface area (TPSA) is 305 Å². The van der Waals surface area contributed by atoms with Gasteiger partial charge in [-0.25, -0.2) is 29.3 Å². The molecule has 714 valence electrons. The quantitative estimate of drug-likeness (QED) is 0.0363. The molecule has 17 aromatic rings. The van der Waals surface area contributed by atoms with Crippen LogP contribution in [0.2, 0.25) is 0 Å². The maximum absolute atomic E-state index is 14.2. The second-order valence-corrected chi connectivity index (χ2v) is 34.0. The first-order valence-electron chi connectivity index (χ1n) is 45.6. The second-order valence-electron chi connectivity index (χ2n) is 34.0. The Morgan fingerprint density at radius 1 is 0.428 bits per heavy atom. The summed E-state index contributed by atoms with van der Waals surface area (Å²) in [6.45, 7) is 13.8. The summed E-state index contributed by atoms with van der Waals surface area (Å²) in [6.07, 6.45) is 25.0. The monoisotopic (exact) mass is 1870 g/mol. The van der Waals surface area contributed by atoms with Gasteiger partial charge in [0.25, 0.3) is 0 Å². The molecule has 3 N–H and O–H groups in total. The highest BCUT2D eigenvalue weighted by atomic mass is 19.1. The van der Waals surface area contributed by atoms with E-state index in [1.54, 1.807) is 66.1 Å². The van der Waals surface area contributed by atoms with E-state index in [0.29, 0.717) is 53.9 Å². The summed E-state index contributed by atoms with van der Waals surface area (Å²) < 4.78 is 74.8. The van der Waals surface area contributed by atoms with E-state index in [2.05, 4.69) is 117 Å². The molecule has 0 amide bonds. The van der Waals surface area contributed by atoms with Crippen molar-refractivity contribution < 1.29 is 57.2 Å². The Labute approximate surface area is 801 Å². The number of fused-ring (bicyclic) bond motifs is 4. The largest absolute Gasteiger partial charge is 0.497 e. The van der Waals surface area contributed by atoms with Gasteiger partial charge in [-0.3, -0.25) is 29.5 Å². The average Bonchev–Trinajstić information content (AvgIpc) is 1.07. The summed E-state index contributed by atoms with van der Waals surface area (Å²) >= 11 is 0. The van der Waals surface area contributed by atoms with Crippen molar-refractivity contribution in [3.8, 4) is 85.3 Å². The number of aliphatic hydroxyl groups is 2.